The molecule has 6 nitrogen and oxygen atoms in total. The maximum atomic E-state index is 13.1. The maximum Gasteiger partial charge on any atom is 0.258 e. The van der Waals surface area contributed by atoms with Crippen molar-refractivity contribution in [1.82, 2.24) is 14.7 Å². The zero-order chi connectivity index (χ0) is 22.0. The molecule has 3 aromatic rings. The summed E-state index contributed by atoms with van der Waals surface area (Å²) in [6.45, 7) is 4.51. The van der Waals surface area contributed by atoms with Gasteiger partial charge in [0.05, 0.1) is 24.2 Å². The third-order valence-electron chi connectivity index (χ3n) is 5.39. The van der Waals surface area contributed by atoms with Crippen molar-refractivity contribution >= 4 is 40.9 Å². The highest BCUT2D eigenvalue weighted by atomic mass is 35.5. The van der Waals surface area contributed by atoms with Crippen LogP contribution in [0.4, 0.5) is 5.69 Å². The normalized spacial score (nSPS) is 15.8. The standard InChI is InChI=1S/C23H23ClN4O2S/c1-15-7-8-19(9-16(15)2)26-22(29)21-13-31-14-28(21)23(30)18-10-25-27(12-18)11-17-5-3-4-6-20(17)24/h3-10,12,21H,11,13-14H2,1-2H3,(H,26,29). The van der Waals surface area contributed by atoms with Gasteiger partial charge in [0.15, 0.2) is 0 Å². The second-order valence-corrected chi connectivity index (χ2v) is 9.00. The molecule has 1 aliphatic heterocycles. The summed E-state index contributed by atoms with van der Waals surface area (Å²) in [6, 6.07) is 12.8. The molecule has 0 radical (unpaired) electrons. The third kappa shape index (κ3) is 4.78. The molecular weight excluding hydrogens is 432 g/mol. The van der Waals surface area contributed by atoms with E-state index in [-0.39, 0.29) is 11.8 Å². The lowest BCUT2D eigenvalue weighted by Gasteiger charge is -2.22. The van der Waals surface area contributed by atoms with E-state index in [0.717, 1.165) is 16.8 Å². The minimum absolute atomic E-state index is 0.176. The average Bonchev–Trinajstić information content (AvgIpc) is 3.42. The molecule has 0 bridgehead atoms. The summed E-state index contributed by atoms with van der Waals surface area (Å²) in [6.07, 6.45) is 3.24. The largest absolute Gasteiger partial charge is 0.324 e. The lowest BCUT2D eigenvalue weighted by Crippen LogP contribution is -2.44. The van der Waals surface area contributed by atoms with Crippen LogP contribution < -0.4 is 5.32 Å². The first-order valence-electron chi connectivity index (χ1n) is 9.95. The van der Waals surface area contributed by atoms with E-state index in [1.54, 1.807) is 33.7 Å². The summed E-state index contributed by atoms with van der Waals surface area (Å²) in [7, 11) is 0. The van der Waals surface area contributed by atoms with Crippen molar-refractivity contribution < 1.29 is 9.59 Å². The molecule has 1 N–H and O–H groups in total. The lowest BCUT2D eigenvalue weighted by molar-refractivity contribution is -0.119. The third-order valence-corrected chi connectivity index (χ3v) is 6.77. The van der Waals surface area contributed by atoms with E-state index in [9.17, 15) is 9.59 Å². The van der Waals surface area contributed by atoms with Gasteiger partial charge in [0, 0.05) is 22.7 Å². The topological polar surface area (TPSA) is 67.2 Å². The molecule has 4 rings (SSSR count). The Morgan fingerprint density at radius 3 is 2.77 bits per heavy atom. The van der Waals surface area contributed by atoms with Crippen LogP contribution in [0.5, 0.6) is 0 Å². The second kappa shape index (κ2) is 9.16. The van der Waals surface area contributed by atoms with Crippen molar-refractivity contribution in [1.29, 1.82) is 0 Å². The summed E-state index contributed by atoms with van der Waals surface area (Å²) in [5.74, 6) is 0.663. The van der Waals surface area contributed by atoms with E-state index in [4.69, 9.17) is 11.6 Å². The van der Waals surface area contributed by atoms with Crippen LogP contribution in [0.25, 0.3) is 0 Å². The number of hydrogen-bond acceptors (Lipinski definition) is 4. The van der Waals surface area contributed by atoms with E-state index in [1.807, 2.05) is 56.3 Å². The van der Waals surface area contributed by atoms with Gasteiger partial charge in [-0.05, 0) is 48.7 Å². The Labute approximate surface area is 190 Å². The summed E-state index contributed by atoms with van der Waals surface area (Å²) in [5, 5.41) is 7.91. The molecular formula is C23H23ClN4O2S. The number of rotatable bonds is 5. The van der Waals surface area contributed by atoms with Crippen molar-refractivity contribution in [3.8, 4) is 0 Å². The molecule has 2 aromatic carbocycles. The van der Waals surface area contributed by atoms with Crippen LogP contribution in [-0.2, 0) is 11.3 Å². The van der Waals surface area contributed by atoms with Gasteiger partial charge >= 0.3 is 0 Å². The molecule has 2 heterocycles. The molecule has 0 spiro atoms. The van der Waals surface area contributed by atoms with Crippen LogP contribution in [0.2, 0.25) is 5.02 Å². The van der Waals surface area contributed by atoms with Crippen molar-refractivity contribution in [2.75, 3.05) is 16.9 Å². The lowest BCUT2D eigenvalue weighted by atomic mass is 10.1. The monoisotopic (exact) mass is 454 g/mol. The molecule has 1 aromatic heterocycles. The molecule has 1 aliphatic rings. The van der Waals surface area contributed by atoms with Gasteiger partial charge in [0.2, 0.25) is 5.91 Å². The summed E-state index contributed by atoms with van der Waals surface area (Å²) in [5.41, 5.74) is 4.40. The highest BCUT2D eigenvalue weighted by Gasteiger charge is 2.35. The second-order valence-electron chi connectivity index (χ2n) is 7.60. The predicted octanol–water partition coefficient (Wildman–Crippen LogP) is 4.36. The molecule has 2 amide bonds. The van der Waals surface area contributed by atoms with Gasteiger partial charge in [0.1, 0.15) is 6.04 Å². The summed E-state index contributed by atoms with van der Waals surface area (Å²) < 4.78 is 1.68. The van der Waals surface area contributed by atoms with E-state index in [1.165, 1.54) is 5.56 Å². The maximum absolute atomic E-state index is 13.1. The number of aryl methyl sites for hydroxylation is 2. The number of nitrogens with zero attached hydrogens (tertiary/aromatic N) is 3. The Bertz CT molecular complexity index is 1130. The Balaban J connectivity index is 1.45. The van der Waals surface area contributed by atoms with Gasteiger partial charge in [-0.1, -0.05) is 35.9 Å². The van der Waals surface area contributed by atoms with E-state index >= 15 is 0 Å². The highest BCUT2D eigenvalue weighted by Crippen LogP contribution is 2.25. The zero-order valence-electron chi connectivity index (χ0n) is 17.3. The van der Waals surface area contributed by atoms with E-state index in [2.05, 4.69) is 10.4 Å². The molecule has 1 fully saturated rings. The van der Waals surface area contributed by atoms with E-state index < -0.39 is 6.04 Å². The van der Waals surface area contributed by atoms with Crippen LogP contribution in [-0.4, -0.2) is 44.2 Å². The minimum Gasteiger partial charge on any atom is -0.324 e. The van der Waals surface area contributed by atoms with Gasteiger partial charge in [-0.3, -0.25) is 14.3 Å². The SMILES string of the molecule is Cc1ccc(NC(=O)C2CSCN2C(=O)c2cnn(Cc3ccccc3Cl)c2)cc1C. The number of nitrogens with one attached hydrogen (secondary N) is 1. The number of aromatic nitrogens is 2. The first-order chi connectivity index (χ1) is 14.9. The minimum atomic E-state index is -0.522. The van der Waals surface area contributed by atoms with Crippen molar-refractivity contribution in [2.24, 2.45) is 0 Å². The first kappa shape index (κ1) is 21.5. The number of anilines is 1. The molecule has 1 saturated heterocycles. The molecule has 160 valence electrons. The van der Waals surface area contributed by atoms with Gasteiger partial charge in [0.25, 0.3) is 5.91 Å². The first-order valence-corrected chi connectivity index (χ1v) is 11.5. The fourth-order valence-corrected chi connectivity index (χ4v) is 4.78. The summed E-state index contributed by atoms with van der Waals surface area (Å²) >= 11 is 7.79. The number of hydrogen-bond donors (Lipinski definition) is 1. The molecule has 0 saturated carbocycles. The number of carbonyl (C=O) groups excluding carboxylic acids is 2. The molecule has 1 unspecified atom stereocenters. The quantitative estimate of drug-likeness (QED) is 0.622. The van der Waals surface area contributed by atoms with E-state index in [0.29, 0.717) is 28.8 Å². The molecule has 0 aliphatic carbocycles. The number of amides is 2. The zero-order valence-corrected chi connectivity index (χ0v) is 18.9. The predicted molar refractivity (Wildman–Crippen MR) is 125 cm³/mol. The Morgan fingerprint density at radius 2 is 2.00 bits per heavy atom. The van der Waals surface area contributed by atoms with Crippen molar-refractivity contribution in [3.05, 3.63) is 82.1 Å². The van der Waals surface area contributed by atoms with Gasteiger partial charge < -0.3 is 10.2 Å². The Kier molecular flexibility index (Phi) is 6.34. The van der Waals surface area contributed by atoms with Gasteiger partial charge in [-0.15, -0.1) is 11.8 Å². The van der Waals surface area contributed by atoms with Gasteiger partial charge in [-0.2, -0.15) is 5.10 Å². The number of halogens is 1. The molecule has 31 heavy (non-hydrogen) atoms. The number of thioether (sulfide) groups is 1. The number of carbonyl (C=O) groups is 2. The Morgan fingerprint density at radius 1 is 1.19 bits per heavy atom. The van der Waals surface area contributed by atoms with Crippen LogP contribution in [0, 0.1) is 13.8 Å². The van der Waals surface area contributed by atoms with Crippen molar-refractivity contribution in [2.45, 2.75) is 26.4 Å². The average molecular weight is 455 g/mol. The smallest absolute Gasteiger partial charge is 0.258 e. The molecule has 1 atom stereocenters. The fourth-order valence-electron chi connectivity index (χ4n) is 3.43. The van der Waals surface area contributed by atoms with Crippen LogP contribution in [0.15, 0.2) is 54.9 Å². The fraction of sp³-hybridized carbons (Fsp3) is 0.261. The number of benzene rings is 2. The van der Waals surface area contributed by atoms with Crippen LogP contribution in [0.3, 0.4) is 0 Å². The summed E-state index contributed by atoms with van der Waals surface area (Å²) in [4.78, 5) is 27.6. The Hall–Kier alpha value is -2.77. The van der Waals surface area contributed by atoms with Crippen molar-refractivity contribution in [3.63, 3.8) is 0 Å². The van der Waals surface area contributed by atoms with Crippen LogP contribution >= 0.6 is 23.4 Å². The van der Waals surface area contributed by atoms with Gasteiger partial charge in [-0.25, -0.2) is 0 Å². The van der Waals surface area contributed by atoms with Crippen LogP contribution in [0.1, 0.15) is 27.0 Å². The highest BCUT2D eigenvalue weighted by molar-refractivity contribution is 7.99. The molecule has 8 heteroatoms.